The summed E-state index contributed by atoms with van der Waals surface area (Å²) >= 11 is 8.62. The first-order chi connectivity index (χ1) is 23.1. The fourth-order valence-electron chi connectivity index (χ4n) is 6.19. The van der Waals surface area contributed by atoms with Crippen molar-refractivity contribution in [3.63, 3.8) is 0 Å². The number of carbonyl (C=O) groups is 1. The summed E-state index contributed by atoms with van der Waals surface area (Å²) < 4.78 is 17.5. The van der Waals surface area contributed by atoms with Gasteiger partial charge >= 0.3 is 5.97 Å². The smallest absolute Gasteiger partial charge is 0.354 e. The number of aryl methyl sites for hydroxylation is 3. The molecule has 0 amide bonds. The minimum atomic E-state index is -0.372. The molecule has 0 radical (unpaired) electrons. The number of aromatic nitrogens is 5. The summed E-state index contributed by atoms with van der Waals surface area (Å²) in [4.78, 5) is 16.2. The van der Waals surface area contributed by atoms with E-state index in [0.717, 1.165) is 66.8 Å². The molecule has 0 spiro atoms. The Kier molecular flexibility index (Phi) is 10.1. The van der Waals surface area contributed by atoms with Gasteiger partial charge in [-0.2, -0.15) is 10.2 Å². The third-order valence-corrected chi connectivity index (χ3v) is 9.94. The van der Waals surface area contributed by atoms with Crippen molar-refractivity contribution in [3.05, 3.63) is 105 Å². The summed E-state index contributed by atoms with van der Waals surface area (Å²) in [5, 5.41) is 12.4. The van der Waals surface area contributed by atoms with Crippen molar-refractivity contribution < 1.29 is 14.3 Å². The second-order valence-electron chi connectivity index (χ2n) is 12.2. The van der Waals surface area contributed by atoms with Crippen LogP contribution in [0.4, 0.5) is 0 Å². The fraction of sp³-hybridized carbons (Fsp3) is 0.324. The van der Waals surface area contributed by atoms with E-state index in [9.17, 15) is 4.79 Å². The predicted octanol–water partition coefficient (Wildman–Crippen LogP) is 7.51. The molecule has 5 aromatic rings. The van der Waals surface area contributed by atoms with Gasteiger partial charge in [0, 0.05) is 77.4 Å². The summed E-state index contributed by atoms with van der Waals surface area (Å²) in [5.74, 6) is 1.25. The first kappa shape index (κ1) is 33.6. The molecule has 0 aliphatic carbocycles. The average molecular weight is 685 g/mol. The molecule has 0 N–H and O–H groups in total. The van der Waals surface area contributed by atoms with E-state index in [4.69, 9.17) is 31.3 Å². The molecule has 9 nitrogen and oxygen atoms in total. The maximum atomic E-state index is 12.9. The van der Waals surface area contributed by atoms with Crippen LogP contribution in [0.15, 0.2) is 64.5 Å². The van der Waals surface area contributed by atoms with Gasteiger partial charge in [-0.25, -0.2) is 4.79 Å². The Morgan fingerprint density at radius 2 is 1.81 bits per heavy atom. The number of esters is 1. The number of carbonyl (C=O) groups excluding carboxylic acids is 1. The van der Waals surface area contributed by atoms with E-state index in [2.05, 4.69) is 48.3 Å². The van der Waals surface area contributed by atoms with Gasteiger partial charge in [0.1, 0.15) is 11.4 Å². The van der Waals surface area contributed by atoms with Crippen molar-refractivity contribution >= 4 is 52.3 Å². The van der Waals surface area contributed by atoms with Crippen LogP contribution in [-0.2, 0) is 44.2 Å². The van der Waals surface area contributed by atoms with E-state index in [0.29, 0.717) is 43.4 Å². The van der Waals surface area contributed by atoms with Gasteiger partial charge in [-0.05, 0) is 80.8 Å². The third kappa shape index (κ3) is 7.26. The molecule has 0 saturated heterocycles. The molecule has 11 heteroatoms. The maximum absolute atomic E-state index is 12.9. The molecule has 6 rings (SSSR count). The molecule has 1 aliphatic rings. The molecule has 0 atom stereocenters. The highest BCUT2D eigenvalue weighted by atomic mass is 35.5. The number of halogens is 1. The highest BCUT2D eigenvalue weighted by molar-refractivity contribution is 7.98. The van der Waals surface area contributed by atoms with Crippen LogP contribution in [0.3, 0.4) is 0 Å². The lowest BCUT2D eigenvalue weighted by Crippen LogP contribution is -2.18. The number of nitrogens with zero attached hydrogens (tertiary/aromatic N) is 6. The SMILES string of the molecule is COC(=O)c1c(C)cc2n1CCCOc1cc(cc3ccccc13)SCc1cc(nn1C)CN(C)Cc1nn(C)c(C)c1/C=C(\Cl)C=C2. The number of methoxy groups -OCH3 is 1. The zero-order valence-corrected chi connectivity index (χ0v) is 29.9. The van der Waals surface area contributed by atoms with Crippen molar-refractivity contribution in [1.82, 2.24) is 29.0 Å². The minimum Gasteiger partial charge on any atom is -0.493 e. The van der Waals surface area contributed by atoms with E-state index in [1.165, 1.54) is 7.11 Å². The Bertz CT molecular complexity index is 2040. The quantitative estimate of drug-likeness (QED) is 0.169. The lowest BCUT2D eigenvalue weighted by molar-refractivity contribution is 0.0587. The second-order valence-corrected chi connectivity index (χ2v) is 13.7. The molecule has 2 aromatic carbocycles. The number of fused-ring (bicyclic) bond motifs is 8. The molecule has 0 saturated carbocycles. The molecule has 48 heavy (non-hydrogen) atoms. The van der Waals surface area contributed by atoms with Gasteiger partial charge < -0.3 is 14.0 Å². The second kappa shape index (κ2) is 14.5. The summed E-state index contributed by atoms with van der Waals surface area (Å²) in [6.07, 6.45) is 6.45. The normalized spacial score (nSPS) is 16.1. The van der Waals surface area contributed by atoms with Gasteiger partial charge in [0.2, 0.25) is 0 Å². The summed E-state index contributed by atoms with van der Waals surface area (Å²) in [6, 6.07) is 16.8. The van der Waals surface area contributed by atoms with E-state index in [1.807, 2.05) is 72.2 Å². The summed E-state index contributed by atoms with van der Waals surface area (Å²) in [5.41, 5.74) is 7.33. The summed E-state index contributed by atoms with van der Waals surface area (Å²) in [6.45, 7) is 6.31. The van der Waals surface area contributed by atoms with Crippen LogP contribution in [0.2, 0.25) is 0 Å². The van der Waals surface area contributed by atoms with Crippen LogP contribution in [0.1, 0.15) is 56.5 Å². The van der Waals surface area contributed by atoms with Crippen LogP contribution in [-0.4, -0.2) is 55.8 Å². The van der Waals surface area contributed by atoms with Crippen molar-refractivity contribution in [2.45, 2.75) is 50.6 Å². The number of thioether (sulfide) groups is 1. The first-order valence-corrected chi connectivity index (χ1v) is 17.3. The van der Waals surface area contributed by atoms with Crippen molar-refractivity contribution in [1.29, 1.82) is 0 Å². The lowest BCUT2D eigenvalue weighted by atomic mass is 10.1. The maximum Gasteiger partial charge on any atom is 0.354 e. The Labute approximate surface area is 290 Å². The standard InChI is InChI=1S/C37H41ClN6O3S/c1-24-16-29-13-12-27(38)18-33-25(2)42(4)40-34(33)22-41(3)21-28-19-30(43(5)39-28)23-48-31-17-26-10-7-8-11-32(26)35(20-31)47-15-9-14-44(29)36(24)37(45)46-6/h7-8,10-13,16-20H,9,14-15,21-23H2,1-6H3/b13-12?,27-18-. The van der Waals surface area contributed by atoms with Crippen molar-refractivity contribution in [3.8, 4) is 5.75 Å². The molecular weight excluding hydrogens is 644 g/mol. The molecule has 0 fully saturated rings. The van der Waals surface area contributed by atoms with Gasteiger partial charge in [0.25, 0.3) is 0 Å². The van der Waals surface area contributed by atoms with Crippen LogP contribution >= 0.6 is 23.4 Å². The van der Waals surface area contributed by atoms with Crippen LogP contribution in [0, 0.1) is 13.8 Å². The number of hydrogen-bond acceptors (Lipinski definition) is 7. The lowest BCUT2D eigenvalue weighted by Gasteiger charge is -2.14. The number of allylic oxidation sites excluding steroid dienone is 2. The highest BCUT2D eigenvalue weighted by Gasteiger charge is 2.20. The minimum absolute atomic E-state index is 0.372. The number of ether oxygens (including phenoxy) is 2. The van der Waals surface area contributed by atoms with Crippen LogP contribution in [0.5, 0.6) is 5.75 Å². The first-order valence-electron chi connectivity index (χ1n) is 16.0. The van der Waals surface area contributed by atoms with Crippen molar-refractivity contribution in [2.24, 2.45) is 14.1 Å². The van der Waals surface area contributed by atoms with Crippen LogP contribution in [0.25, 0.3) is 22.9 Å². The zero-order chi connectivity index (χ0) is 33.9. The highest BCUT2D eigenvalue weighted by Crippen LogP contribution is 2.34. The average Bonchev–Trinajstić information content (AvgIpc) is 3.66. The number of hydrogen-bond donors (Lipinski definition) is 0. The molecule has 0 unspecified atom stereocenters. The molecule has 250 valence electrons. The largest absolute Gasteiger partial charge is 0.493 e. The summed E-state index contributed by atoms with van der Waals surface area (Å²) in [7, 11) is 7.44. The Hall–Kier alpha value is -4.25. The van der Waals surface area contributed by atoms with Gasteiger partial charge in [-0.3, -0.25) is 14.3 Å². The van der Waals surface area contributed by atoms with Gasteiger partial charge in [-0.15, -0.1) is 11.8 Å². The molecule has 1 aliphatic heterocycles. The van der Waals surface area contributed by atoms with Gasteiger partial charge in [0.15, 0.2) is 0 Å². The van der Waals surface area contributed by atoms with E-state index in [-0.39, 0.29) is 5.97 Å². The topological polar surface area (TPSA) is 79.3 Å². The molecule has 4 bridgehead atoms. The Morgan fingerprint density at radius 1 is 1.00 bits per heavy atom. The monoisotopic (exact) mass is 684 g/mol. The number of rotatable bonds is 1. The van der Waals surface area contributed by atoms with Gasteiger partial charge in [-0.1, -0.05) is 35.9 Å². The molecule has 3 aromatic heterocycles. The zero-order valence-electron chi connectivity index (χ0n) is 28.3. The van der Waals surface area contributed by atoms with Gasteiger partial charge in [0.05, 0.1) is 25.1 Å². The Morgan fingerprint density at radius 3 is 2.62 bits per heavy atom. The van der Waals surface area contributed by atoms with Crippen LogP contribution < -0.4 is 4.74 Å². The predicted molar refractivity (Wildman–Crippen MR) is 193 cm³/mol. The number of benzene rings is 2. The fourth-order valence-corrected chi connectivity index (χ4v) is 7.35. The third-order valence-electron chi connectivity index (χ3n) is 8.70. The van der Waals surface area contributed by atoms with E-state index >= 15 is 0 Å². The van der Waals surface area contributed by atoms with E-state index in [1.54, 1.807) is 11.8 Å². The Balaban J connectivity index is 1.38. The molecular formula is C37H41ClN6O3S. The molecule has 4 heterocycles. The van der Waals surface area contributed by atoms with Crippen molar-refractivity contribution in [2.75, 3.05) is 20.8 Å². The van der Waals surface area contributed by atoms with E-state index < -0.39 is 0 Å².